The van der Waals surface area contributed by atoms with Gasteiger partial charge < -0.3 is 10.1 Å². The summed E-state index contributed by atoms with van der Waals surface area (Å²) in [6.07, 6.45) is 2.25. The van der Waals surface area contributed by atoms with Crippen LogP contribution in [0.5, 0.6) is 5.75 Å². The highest BCUT2D eigenvalue weighted by atomic mass is 32.2. The van der Waals surface area contributed by atoms with Gasteiger partial charge in [0, 0.05) is 22.7 Å². The summed E-state index contributed by atoms with van der Waals surface area (Å²) in [7, 11) is -2.40. The van der Waals surface area contributed by atoms with Crippen molar-refractivity contribution in [3.05, 3.63) is 84.2 Å². The first-order chi connectivity index (χ1) is 16.9. The lowest BCUT2D eigenvalue weighted by atomic mass is 10.1. The summed E-state index contributed by atoms with van der Waals surface area (Å²) in [4.78, 5) is 17.3. The van der Waals surface area contributed by atoms with Gasteiger partial charge in [-0.1, -0.05) is 24.3 Å². The number of hydrogen-bond acceptors (Lipinski definition) is 6. The standard InChI is InChI=1S/C25H23N5O4S/c1-34-22-8-3-2-7-21(22)30-35(32,33)20-13-11-17(12-14-20)25(31)26-19-6-4-5-18(15-19)24-27-23(28-29-24)16-9-10-16/h2-8,11-16,30H,9-10H2,1H3,(H,26,31)(H,27,28,29). The van der Waals surface area contributed by atoms with Crippen LogP contribution in [0.2, 0.25) is 0 Å². The van der Waals surface area contributed by atoms with Gasteiger partial charge in [-0.3, -0.25) is 14.6 Å². The van der Waals surface area contributed by atoms with Gasteiger partial charge in [0.15, 0.2) is 5.82 Å². The number of ether oxygens (including phenoxy) is 1. The first-order valence-electron chi connectivity index (χ1n) is 11.0. The monoisotopic (exact) mass is 489 g/mol. The molecule has 1 aliphatic carbocycles. The van der Waals surface area contributed by atoms with Crippen molar-refractivity contribution in [3.8, 4) is 17.1 Å². The third kappa shape index (κ3) is 5.02. The second-order valence-electron chi connectivity index (χ2n) is 8.18. The van der Waals surface area contributed by atoms with E-state index in [1.54, 1.807) is 36.4 Å². The van der Waals surface area contributed by atoms with E-state index in [1.807, 2.05) is 12.1 Å². The van der Waals surface area contributed by atoms with Gasteiger partial charge in [0.2, 0.25) is 0 Å². The van der Waals surface area contributed by atoms with Crippen molar-refractivity contribution in [1.29, 1.82) is 0 Å². The first-order valence-corrected chi connectivity index (χ1v) is 12.5. The maximum atomic E-state index is 12.8. The summed E-state index contributed by atoms with van der Waals surface area (Å²) in [5.74, 6) is 1.99. The summed E-state index contributed by atoms with van der Waals surface area (Å²) in [6, 6.07) is 19.7. The minimum atomic E-state index is -3.86. The Labute approximate surface area is 202 Å². The summed E-state index contributed by atoms with van der Waals surface area (Å²) < 4.78 is 33.3. The Bertz CT molecular complexity index is 1480. The fourth-order valence-electron chi connectivity index (χ4n) is 3.60. The maximum Gasteiger partial charge on any atom is 0.262 e. The van der Waals surface area contributed by atoms with Crippen molar-refractivity contribution in [3.63, 3.8) is 0 Å². The van der Waals surface area contributed by atoms with Crippen molar-refractivity contribution < 1.29 is 17.9 Å². The minimum absolute atomic E-state index is 0.0260. The molecule has 1 heterocycles. The third-order valence-electron chi connectivity index (χ3n) is 5.62. The topological polar surface area (TPSA) is 126 Å². The van der Waals surface area contributed by atoms with E-state index in [9.17, 15) is 13.2 Å². The number of rotatable bonds is 8. The van der Waals surface area contributed by atoms with Crippen molar-refractivity contribution in [2.24, 2.45) is 0 Å². The van der Waals surface area contributed by atoms with Gasteiger partial charge in [0.1, 0.15) is 11.6 Å². The van der Waals surface area contributed by atoms with Gasteiger partial charge >= 0.3 is 0 Å². The number of benzene rings is 3. The fourth-order valence-corrected chi connectivity index (χ4v) is 4.67. The molecule has 9 nitrogen and oxygen atoms in total. The van der Waals surface area contributed by atoms with E-state index in [2.05, 4.69) is 25.2 Å². The molecule has 4 aromatic rings. The Morgan fingerprint density at radius 3 is 2.54 bits per heavy atom. The molecule has 0 radical (unpaired) electrons. The first kappa shape index (κ1) is 22.6. The molecule has 1 aliphatic rings. The fraction of sp³-hybridized carbons (Fsp3) is 0.160. The SMILES string of the molecule is COc1ccccc1NS(=O)(=O)c1ccc(C(=O)Nc2cccc(-c3n[nH]c(C4CC4)n3)c2)cc1. The molecular weight excluding hydrogens is 466 g/mol. The van der Waals surface area contributed by atoms with Gasteiger partial charge in [0.25, 0.3) is 15.9 Å². The molecule has 0 unspecified atom stereocenters. The van der Waals surface area contributed by atoms with E-state index < -0.39 is 10.0 Å². The van der Waals surface area contributed by atoms with E-state index in [4.69, 9.17) is 4.74 Å². The second kappa shape index (κ2) is 9.22. The van der Waals surface area contributed by atoms with E-state index in [1.165, 1.54) is 31.4 Å². The predicted molar refractivity (Wildman–Crippen MR) is 132 cm³/mol. The average Bonchev–Trinajstić information content (AvgIpc) is 3.60. The number of methoxy groups -OCH3 is 1. The van der Waals surface area contributed by atoms with Gasteiger partial charge in [-0.15, -0.1) is 0 Å². The zero-order valence-corrected chi connectivity index (χ0v) is 19.7. The lowest BCUT2D eigenvalue weighted by molar-refractivity contribution is 0.102. The van der Waals surface area contributed by atoms with Crippen LogP contribution in [0.25, 0.3) is 11.4 Å². The Morgan fingerprint density at radius 1 is 1.03 bits per heavy atom. The molecule has 3 N–H and O–H groups in total. The lowest BCUT2D eigenvalue weighted by Crippen LogP contribution is -2.15. The van der Waals surface area contributed by atoms with Crippen LogP contribution in [0.1, 0.15) is 34.9 Å². The normalized spacial score (nSPS) is 13.3. The summed E-state index contributed by atoms with van der Waals surface area (Å²) in [5, 5.41) is 10.1. The number of aromatic nitrogens is 3. The molecule has 0 spiro atoms. The van der Waals surface area contributed by atoms with Crippen LogP contribution in [-0.4, -0.2) is 36.6 Å². The molecular formula is C25H23N5O4S. The van der Waals surface area contributed by atoms with Crippen LogP contribution in [0, 0.1) is 0 Å². The Balaban J connectivity index is 1.28. The number of nitrogens with zero attached hydrogens (tertiary/aromatic N) is 2. The highest BCUT2D eigenvalue weighted by Crippen LogP contribution is 2.38. The molecule has 1 aromatic heterocycles. The van der Waals surface area contributed by atoms with Gasteiger partial charge in [0.05, 0.1) is 17.7 Å². The molecule has 35 heavy (non-hydrogen) atoms. The number of sulfonamides is 1. The Morgan fingerprint density at radius 2 is 1.80 bits per heavy atom. The number of H-pyrrole nitrogens is 1. The number of aromatic amines is 1. The van der Waals surface area contributed by atoms with E-state index in [0.717, 1.165) is 24.2 Å². The largest absolute Gasteiger partial charge is 0.495 e. The number of para-hydroxylation sites is 2. The molecule has 0 bridgehead atoms. The van der Waals surface area contributed by atoms with Crippen molar-refractivity contribution in [1.82, 2.24) is 15.2 Å². The van der Waals surface area contributed by atoms with Crippen molar-refractivity contribution in [2.45, 2.75) is 23.7 Å². The lowest BCUT2D eigenvalue weighted by Gasteiger charge is -2.12. The van der Waals surface area contributed by atoms with E-state index in [-0.39, 0.29) is 10.8 Å². The quantitative estimate of drug-likeness (QED) is 0.337. The molecule has 10 heteroatoms. The summed E-state index contributed by atoms with van der Waals surface area (Å²) in [6.45, 7) is 0. The smallest absolute Gasteiger partial charge is 0.262 e. The number of hydrogen-bond donors (Lipinski definition) is 3. The van der Waals surface area contributed by atoms with E-state index in [0.29, 0.717) is 34.4 Å². The average molecular weight is 490 g/mol. The highest BCUT2D eigenvalue weighted by Gasteiger charge is 2.27. The van der Waals surface area contributed by atoms with Crippen LogP contribution in [0.15, 0.2) is 77.7 Å². The van der Waals surface area contributed by atoms with Crippen LogP contribution >= 0.6 is 0 Å². The Kier molecular flexibility index (Phi) is 5.96. The number of amides is 1. The minimum Gasteiger partial charge on any atom is -0.495 e. The molecule has 1 saturated carbocycles. The number of anilines is 2. The zero-order valence-electron chi connectivity index (χ0n) is 18.9. The van der Waals surface area contributed by atoms with E-state index >= 15 is 0 Å². The molecule has 1 amide bonds. The number of carbonyl (C=O) groups is 1. The summed E-state index contributed by atoms with van der Waals surface area (Å²) >= 11 is 0. The molecule has 5 rings (SSSR count). The zero-order chi connectivity index (χ0) is 24.4. The molecule has 1 fully saturated rings. The van der Waals surface area contributed by atoms with Gasteiger partial charge in [-0.25, -0.2) is 13.4 Å². The van der Waals surface area contributed by atoms with Crippen LogP contribution in [0.3, 0.4) is 0 Å². The Hall–Kier alpha value is -4.18. The summed E-state index contributed by atoms with van der Waals surface area (Å²) in [5.41, 5.74) is 2.02. The number of nitrogens with one attached hydrogen (secondary N) is 3. The molecule has 0 aliphatic heterocycles. The predicted octanol–water partition coefficient (Wildman–Crippen LogP) is 4.41. The van der Waals surface area contributed by atoms with Crippen molar-refractivity contribution >= 4 is 27.3 Å². The van der Waals surface area contributed by atoms with Gasteiger partial charge in [-0.2, -0.15) is 5.10 Å². The second-order valence-corrected chi connectivity index (χ2v) is 9.87. The van der Waals surface area contributed by atoms with Crippen LogP contribution in [-0.2, 0) is 10.0 Å². The highest BCUT2D eigenvalue weighted by molar-refractivity contribution is 7.92. The molecule has 178 valence electrons. The van der Waals surface area contributed by atoms with Crippen LogP contribution < -0.4 is 14.8 Å². The van der Waals surface area contributed by atoms with Crippen LogP contribution in [0.4, 0.5) is 11.4 Å². The molecule has 0 saturated heterocycles. The maximum absolute atomic E-state index is 12.8. The molecule has 3 aromatic carbocycles. The molecule has 0 atom stereocenters. The van der Waals surface area contributed by atoms with Crippen molar-refractivity contribution in [2.75, 3.05) is 17.1 Å². The van der Waals surface area contributed by atoms with Gasteiger partial charge in [-0.05, 0) is 61.4 Å². The third-order valence-corrected chi connectivity index (χ3v) is 7.00. The number of carbonyl (C=O) groups excluding carboxylic acids is 1.